The molecule has 4 nitrogen and oxygen atoms in total. The molecule has 0 bridgehead atoms. The third-order valence-electron chi connectivity index (χ3n) is 3.20. The molecule has 1 aromatic heterocycles. The van der Waals surface area contributed by atoms with E-state index in [0.29, 0.717) is 23.4 Å². The highest BCUT2D eigenvalue weighted by Gasteiger charge is 2.29. The minimum atomic E-state index is 0.364. The Morgan fingerprint density at radius 3 is 2.86 bits per heavy atom. The van der Waals surface area contributed by atoms with E-state index in [1.54, 1.807) is 11.8 Å². The summed E-state index contributed by atoms with van der Waals surface area (Å²) in [5.74, 6) is 2.28. The summed E-state index contributed by atoms with van der Waals surface area (Å²) >= 11 is 11.1. The van der Waals surface area contributed by atoms with Crippen LogP contribution in [0.25, 0.3) is 0 Å². The van der Waals surface area contributed by atoms with Crippen molar-refractivity contribution in [1.29, 1.82) is 0 Å². The lowest BCUT2D eigenvalue weighted by Gasteiger charge is -2.10. The van der Waals surface area contributed by atoms with Crippen LogP contribution < -0.4 is 4.74 Å². The topological polar surface area (TPSA) is 39.9 Å². The average Bonchev–Trinajstić information content (AvgIpc) is 3.25. The van der Waals surface area contributed by atoms with Gasteiger partial charge in [-0.1, -0.05) is 58.0 Å². The fourth-order valence-corrected chi connectivity index (χ4v) is 3.36. The Hall–Kier alpha value is -0.980. The van der Waals surface area contributed by atoms with Crippen molar-refractivity contribution in [3.8, 4) is 5.75 Å². The summed E-state index contributed by atoms with van der Waals surface area (Å²) in [5, 5.41) is 10.1. The first-order chi connectivity index (χ1) is 10.6. The van der Waals surface area contributed by atoms with Gasteiger partial charge in [0.05, 0.1) is 5.02 Å². The molecule has 7 heteroatoms. The zero-order valence-corrected chi connectivity index (χ0v) is 15.0. The fraction of sp³-hybridized carbons (Fsp3) is 0.333. The summed E-state index contributed by atoms with van der Waals surface area (Å²) in [6, 6.07) is 7.93. The quantitative estimate of drug-likeness (QED) is 0.623. The van der Waals surface area contributed by atoms with Gasteiger partial charge in [-0.2, -0.15) is 0 Å². The standard InChI is InChI=1S/C15H15BrClN3OS/c1-10(16)9-22-15-19-18-14(20(15)11-6-7-11)8-21-13-5-3-2-4-12(13)17/h2-5,11H,1,6-9H2. The van der Waals surface area contributed by atoms with Gasteiger partial charge in [0, 0.05) is 11.8 Å². The first kappa shape index (κ1) is 15.9. The minimum absolute atomic E-state index is 0.364. The number of aromatic nitrogens is 3. The van der Waals surface area contributed by atoms with E-state index in [1.165, 1.54) is 12.8 Å². The van der Waals surface area contributed by atoms with E-state index in [0.717, 1.165) is 21.2 Å². The van der Waals surface area contributed by atoms with Crippen molar-refractivity contribution in [2.45, 2.75) is 30.6 Å². The van der Waals surface area contributed by atoms with E-state index in [4.69, 9.17) is 16.3 Å². The van der Waals surface area contributed by atoms with E-state index in [2.05, 4.69) is 37.3 Å². The highest BCUT2D eigenvalue weighted by Crippen LogP contribution is 2.39. The molecule has 0 N–H and O–H groups in total. The molecule has 0 atom stereocenters. The lowest BCUT2D eigenvalue weighted by Crippen LogP contribution is -2.07. The number of ether oxygens (including phenoxy) is 1. The number of thioether (sulfide) groups is 1. The molecule has 0 radical (unpaired) electrons. The number of hydrogen-bond donors (Lipinski definition) is 0. The smallest absolute Gasteiger partial charge is 0.191 e. The van der Waals surface area contributed by atoms with Gasteiger partial charge in [0.25, 0.3) is 0 Å². The molecule has 1 fully saturated rings. The summed E-state index contributed by atoms with van der Waals surface area (Å²) in [7, 11) is 0. The van der Waals surface area contributed by atoms with Crippen molar-refractivity contribution in [1.82, 2.24) is 14.8 Å². The van der Waals surface area contributed by atoms with Gasteiger partial charge >= 0.3 is 0 Å². The first-order valence-corrected chi connectivity index (χ1v) is 9.08. The van der Waals surface area contributed by atoms with E-state index in [1.807, 2.05) is 24.3 Å². The van der Waals surface area contributed by atoms with Gasteiger partial charge in [0.1, 0.15) is 12.4 Å². The minimum Gasteiger partial charge on any atom is -0.484 e. The van der Waals surface area contributed by atoms with Crippen LogP contribution in [0.1, 0.15) is 24.7 Å². The van der Waals surface area contributed by atoms with Crippen molar-refractivity contribution in [3.63, 3.8) is 0 Å². The zero-order chi connectivity index (χ0) is 15.5. The Kier molecular flexibility index (Phi) is 5.10. The second kappa shape index (κ2) is 7.06. The van der Waals surface area contributed by atoms with Crippen LogP contribution in [-0.2, 0) is 6.61 Å². The summed E-state index contributed by atoms with van der Waals surface area (Å²) in [4.78, 5) is 0. The molecule has 116 valence electrons. The molecule has 3 rings (SSSR count). The molecule has 0 saturated heterocycles. The molecule has 1 heterocycles. The molecule has 0 amide bonds. The molecule has 0 unspecified atom stereocenters. The number of para-hydroxylation sites is 1. The molecular weight excluding hydrogens is 386 g/mol. The van der Waals surface area contributed by atoms with Gasteiger partial charge in [-0.15, -0.1) is 10.2 Å². The Bertz CT molecular complexity index is 687. The van der Waals surface area contributed by atoms with Crippen molar-refractivity contribution in [3.05, 3.63) is 46.2 Å². The Morgan fingerprint density at radius 2 is 2.18 bits per heavy atom. The molecular formula is C15H15BrClN3OS. The summed E-state index contributed by atoms with van der Waals surface area (Å²) < 4.78 is 8.91. The maximum absolute atomic E-state index is 6.11. The number of hydrogen-bond acceptors (Lipinski definition) is 4. The van der Waals surface area contributed by atoms with E-state index in [9.17, 15) is 0 Å². The largest absolute Gasteiger partial charge is 0.484 e. The molecule has 1 saturated carbocycles. The monoisotopic (exact) mass is 399 g/mol. The van der Waals surface area contributed by atoms with Gasteiger partial charge in [-0.05, 0) is 29.5 Å². The second-order valence-electron chi connectivity index (χ2n) is 5.03. The molecule has 22 heavy (non-hydrogen) atoms. The van der Waals surface area contributed by atoms with Crippen LogP contribution in [0.15, 0.2) is 40.5 Å². The van der Waals surface area contributed by atoms with Crippen LogP contribution in [0.5, 0.6) is 5.75 Å². The Labute approximate surface area is 147 Å². The molecule has 0 spiro atoms. The summed E-state index contributed by atoms with van der Waals surface area (Å²) in [6.45, 7) is 4.22. The van der Waals surface area contributed by atoms with Gasteiger partial charge in [-0.3, -0.25) is 4.57 Å². The van der Waals surface area contributed by atoms with Crippen molar-refractivity contribution < 1.29 is 4.74 Å². The second-order valence-corrected chi connectivity index (χ2v) is 7.50. The van der Waals surface area contributed by atoms with Crippen LogP contribution in [-0.4, -0.2) is 20.5 Å². The lowest BCUT2D eigenvalue weighted by atomic mass is 10.3. The normalized spacial score (nSPS) is 14.1. The predicted molar refractivity (Wildman–Crippen MR) is 92.9 cm³/mol. The molecule has 0 aliphatic heterocycles. The molecule has 2 aromatic rings. The fourth-order valence-electron chi connectivity index (χ4n) is 2.05. The van der Waals surface area contributed by atoms with Crippen LogP contribution in [0.4, 0.5) is 0 Å². The van der Waals surface area contributed by atoms with Crippen LogP contribution in [0.2, 0.25) is 5.02 Å². The van der Waals surface area contributed by atoms with E-state index >= 15 is 0 Å². The summed E-state index contributed by atoms with van der Waals surface area (Å²) in [5.41, 5.74) is 0. The van der Waals surface area contributed by atoms with Crippen LogP contribution in [0, 0.1) is 0 Å². The Morgan fingerprint density at radius 1 is 1.41 bits per heavy atom. The van der Waals surface area contributed by atoms with Crippen LogP contribution in [0.3, 0.4) is 0 Å². The average molecular weight is 401 g/mol. The van der Waals surface area contributed by atoms with Gasteiger partial charge < -0.3 is 4.74 Å². The Balaban J connectivity index is 1.73. The number of halogens is 2. The van der Waals surface area contributed by atoms with Gasteiger partial charge in [0.15, 0.2) is 11.0 Å². The van der Waals surface area contributed by atoms with Gasteiger partial charge in [0.2, 0.25) is 0 Å². The van der Waals surface area contributed by atoms with E-state index < -0.39 is 0 Å². The summed E-state index contributed by atoms with van der Waals surface area (Å²) in [6.07, 6.45) is 2.33. The molecule has 1 aliphatic rings. The van der Waals surface area contributed by atoms with E-state index in [-0.39, 0.29) is 0 Å². The number of rotatable bonds is 7. The lowest BCUT2D eigenvalue weighted by molar-refractivity contribution is 0.288. The highest BCUT2D eigenvalue weighted by atomic mass is 79.9. The van der Waals surface area contributed by atoms with Crippen LogP contribution >= 0.6 is 39.3 Å². The highest BCUT2D eigenvalue weighted by molar-refractivity contribution is 9.11. The van der Waals surface area contributed by atoms with Crippen molar-refractivity contribution in [2.75, 3.05) is 5.75 Å². The predicted octanol–water partition coefficient (Wildman–Crippen LogP) is 4.85. The van der Waals surface area contributed by atoms with Crippen molar-refractivity contribution >= 4 is 39.3 Å². The molecule has 1 aromatic carbocycles. The number of benzene rings is 1. The maximum Gasteiger partial charge on any atom is 0.191 e. The third kappa shape index (κ3) is 3.86. The van der Waals surface area contributed by atoms with Crippen molar-refractivity contribution in [2.24, 2.45) is 0 Å². The first-order valence-electron chi connectivity index (χ1n) is 6.92. The van der Waals surface area contributed by atoms with Gasteiger partial charge in [-0.25, -0.2) is 0 Å². The zero-order valence-electron chi connectivity index (χ0n) is 11.8. The SMILES string of the molecule is C=C(Br)CSc1nnc(COc2ccccc2Cl)n1C1CC1. The third-order valence-corrected chi connectivity index (χ3v) is 5.19. The molecule has 1 aliphatic carbocycles. The maximum atomic E-state index is 6.11. The number of nitrogens with zero attached hydrogens (tertiary/aromatic N) is 3.